The lowest BCUT2D eigenvalue weighted by molar-refractivity contribution is -0.702. The Morgan fingerprint density at radius 3 is 2.47 bits per heavy atom. The van der Waals surface area contributed by atoms with Crippen LogP contribution in [0.1, 0.15) is 23.6 Å². The molecule has 3 heteroatoms. The van der Waals surface area contributed by atoms with Crippen molar-refractivity contribution in [1.82, 2.24) is 0 Å². The van der Waals surface area contributed by atoms with Gasteiger partial charge in [0.15, 0.2) is 0 Å². The van der Waals surface area contributed by atoms with E-state index in [4.69, 9.17) is 9.47 Å². The number of ether oxygens (including phenoxy) is 2. The fourth-order valence-corrected chi connectivity index (χ4v) is 1.95. The summed E-state index contributed by atoms with van der Waals surface area (Å²) in [6.07, 6.45) is 0. The van der Waals surface area contributed by atoms with E-state index in [1.165, 1.54) is 16.7 Å². The van der Waals surface area contributed by atoms with Crippen molar-refractivity contribution >= 4 is 0 Å². The van der Waals surface area contributed by atoms with Crippen molar-refractivity contribution < 1.29 is 14.8 Å². The van der Waals surface area contributed by atoms with Crippen LogP contribution in [-0.2, 0) is 11.3 Å². The van der Waals surface area contributed by atoms with Crippen molar-refractivity contribution in [3.8, 4) is 5.75 Å². The first-order chi connectivity index (χ1) is 8.08. The highest BCUT2D eigenvalue weighted by Crippen LogP contribution is 2.21. The summed E-state index contributed by atoms with van der Waals surface area (Å²) in [6, 6.07) is 4.81. The molecule has 0 aliphatic rings. The highest BCUT2D eigenvalue weighted by molar-refractivity contribution is 5.41. The normalized spacial score (nSPS) is 12.5. The van der Waals surface area contributed by atoms with Crippen molar-refractivity contribution in [1.29, 1.82) is 0 Å². The quantitative estimate of drug-likeness (QED) is 0.813. The molecule has 0 saturated carbocycles. The predicted molar refractivity (Wildman–Crippen MR) is 69.4 cm³/mol. The molecule has 0 fully saturated rings. The third-order valence-electron chi connectivity index (χ3n) is 3.02. The van der Waals surface area contributed by atoms with Crippen LogP contribution in [0.2, 0.25) is 0 Å². The van der Waals surface area contributed by atoms with Gasteiger partial charge >= 0.3 is 0 Å². The second kappa shape index (κ2) is 6.62. The molecular weight excluding hydrogens is 214 g/mol. The predicted octanol–water partition coefficient (Wildman–Crippen LogP) is 1.41. The summed E-state index contributed by atoms with van der Waals surface area (Å²) in [5.41, 5.74) is 3.85. The van der Waals surface area contributed by atoms with Crippen molar-refractivity contribution in [3.05, 3.63) is 28.8 Å². The van der Waals surface area contributed by atoms with Gasteiger partial charge in [-0.1, -0.05) is 0 Å². The SMILES string of the molecule is COC[C@H](C)[NH2+]Cc1cc(C)c(OC)cc1C. The van der Waals surface area contributed by atoms with E-state index in [0.29, 0.717) is 6.04 Å². The Bertz CT molecular complexity index is 363. The first-order valence-corrected chi connectivity index (χ1v) is 6.04. The number of methoxy groups -OCH3 is 2. The van der Waals surface area contributed by atoms with Crippen LogP contribution >= 0.6 is 0 Å². The van der Waals surface area contributed by atoms with Crippen molar-refractivity contribution in [3.63, 3.8) is 0 Å². The first kappa shape index (κ1) is 14.0. The van der Waals surface area contributed by atoms with E-state index in [0.717, 1.165) is 18.9 Å². The Balaban J connectivity index is 2.68. The Labute approximate surface area is 104 Å². The van der Waals surface area contributed by atoms with Crippen LogP contribution in [0, 0.1) is 13.8 Å². The Hall–Kier alpha value is -1.06. The number of benzene rings is 1. The van der Waals surface area contributed by atoms with Crippen LogP contribution < -0.4 is 10.1 Å². The van der Waals surface area contributed by atoms with Gasteiger partial charge in [-0.25, -0.2) is 0 Å². The summed E-state index contributed by atoms with van der Waals surface area (Å²) in [5, 5.41) is 2.30. The third kappa shape index (κ3) is 4.02. The van der Waals surface area contributed by atoms with Crippen molar-refractivity contribution in [2.24, 2.45) is 0 Å². The van der Waals surface area contributed by atoms with E-state index in [2.05, 4.69) is 38.2 Å². The highest BCUT2D eigenvalue weighted by atomic mass is 16.5. The molecule has 2 N–H and O–H groups in total. The molecule has 1 aromatic carbocycles. The van der Waals surface area contributed by atoms with E-state index in [-0.39, 0.29) is 0 Å². The molecule has 0 saturated heterocycles. The number of hydrogen-bond donors (Lipinski definition) is 1. The molecule has 0 bridgehead atoms. The number of nitrogens with two attached hydrogens (primary N) is 1. The largest absolute Gasteiger partial charge is 0.496 e. The molecule has 0 spiro atoms. The minimum atomic E-state index is 0.488. The maximum Gasteiger partial charge on any atom is 0.122 e. The first-order valence-electron chi connectivity index (χ1n) is 6.04. The van der Waals surface area contributed by atoms with Gasteiger partial charge in [-0.2, -0.15) is 0 Å². The topological polar surface area (TPSA) is 35.1 Å². The van der Waals surface area contributed by atoms with Gasteiger partial charge in [0.25, 0.3) is 0 Å². The van der Waals surface area contributed by atoms with Gasteiger partial charge in [-0.15, -0.1) is 0 Å². The lowest BCUT2D eigenvalue weighted by Gasteiger charge is -2.13. The molecule has 0 heterocycles. The summed E-state index contributed by atoms with van der Waals surface area (Å²) < 4.78 is 10.4. The summed E-state index contributed by atoms with van der Waals surface area (Å²) in [4.78, 5) is 0. The van der Waals surface area contributed by atoms with Gasteiger partial charge < -0.3 is 14.8 Å². The number of hydrogen-bond acceptors (Lipinski definition) is 2. The van der Waals surface area contributed by atoms with Crippen LogP contribution in [0.5, 0.6) is 5.75 Å². The fourth-order valence-electron chi connectivity index (χ4n) is 1.95. The zero-order valence-corrected chi connectivity index (χ0v) is 11.5. The molecule has 96 valence electrons. The molecule has 0 aromatic heterocycles. The Morgan fingerprint density at radius 2 is 1.88 bits per heavy atom. The Morgan fingerprint density at radius 1 is 1.18 bits per heavy atom. The molecule has 0 aliphatic heterocycles. The molecule has 0 radical (unpaired) electrons. The monoisotopic (exact) mass is 238 g/mol. The van der Waals surface area contributed by atoms with Crippen LogP contribution in [-0.4, -0.2) is 26.9 Å². The lowest BCUT2D eigenvalue weighted by Crippen LogP contribution is -2.88. The molecule has 17 heavy (non-hydrogen) atoms. The van der Waals surface area contributed by atoms with Crippen LogP contribution in [0.15, 0.2) is 12.1 Å². The zero-order valence-electron chi connectivity index (χ0n) is 11.5. The van der Waals surface area contributed by atoms with Gasteiger partial charge in [0.2, 0.25) is 0 Å². The maximum absolute atomic E-state index is 5.31. The number of quaternary nitrogens is 1. The molecule has 1 aromatic rings. The molecule has 0 unspecified atom stereocenters. The van der Waals surface area contributed by atoms with E-state index >= 15 is 0 Å². The van der Waals surface area contributed by atoms with E-state index in [9.17, 15) is 0 Å². The Kier molecular flexibility index (Phi) is 5.45. The van der Waals surface area contributed by atoms with E-state index in [1.54, 1.807) is 14.2 Å². The fraction of sp³-hybridized carbons (Fsp3) is 0.571. The summed E-state index contributed by atoms with van der Waals surface area (Å²) in [7, 11) is 3.46. The van der Waals surface area contributed by atoms with Crippen molar-refractivity contribution in [2.75, 3.05) is 20.8 Å². The van der Waals surface area contributed by atoms with E-state index in [1.807, 2.05) is 0 Å². The number of aryl methyl sites for hydroxylation is 2. The summed E-state index contributed by atoms with van der Waals surface area (Å²) in [5.74, 6) is 0.969. The molecule has 3 nitrogen and oxygen atoms in total. The zero-order chi connectivity index (χ0) is 12.8. The standard InChI is InChI=1S/C14H23NO2/c1-10-7-14(17-5)11(2)6-13(10)8-15-12(3)9-16-4/h6-7,12,15H,8-9H2,1-5H3/p+1/t12-/m0/s1. The minimum Gasteiger partial charge on any atom is -0.496 e. The van der Waals surface area contributed by atoms with Gasteiger partial charge in [-0.3, -0.25) is 0 Å². The van der Waals surface area contributed by atoms with Crippen LogP contribution in [0.4, 0.5) is 0 Å². The molecule has 1 rings (SSSR count). The molecule has 0 aliphatic carbocycles. The second-order valence-corrected chi connectivity index (χ2v) is 4.62. The minimum absolute atomic E-state index is 0.488. The van der Waals surface area contributed by atoms with Gasteiger partial charge in [0, 0.05) is 12.7 Å². The van der Waals surface area contributed by atoms with Crippen LogP contribution in [0.3, 0.4) is 0 Å². The van der Waals surface area contributed by atoms with Crippen molar-refractivity contribution in [2.45, 2.75) is 33.4 Å². The molecule has 0 amide bonds. The molecule has 1 atom stereocenters. The average molecular weight is 238 g/mol. The van der Waals surface area contributed by atoms with Gasteiger partial charge in [-0.05, 0) is 44.0 Å². The lowest BCUT2D eigenvalue weighted by atomic mass is 10.0. The van der Waals surface area contributed by atoms with Gasteiger partial charge in [0.05, 0.1) is 13.7 Å². The average Bonchev–Trinajstić information content (AvgIpc) is 2.30. The highest BCUT2D eigenvalue weighted by Gasteiger charge is 2.09. The third-order valence-corrected chi connectivity index (χ3v) is 3.02. The summed E-state index contributed by atoms with van der Waals surface area (Å²) >= 11 is 0. The summed E-state index contributed by atoms with van der Waals surface area (Å²) in [6.45, 7) is 8.16. The van der Waals surface area contributed by atoms with Gasteiger partial charge in [0.1, 0.15) is 18.3 Å². The smallest absolute Gasteiger partial charge is 0.122 e. The second-order valence-electron chi connectivity index (χ2n) is 4.62. The van der Waals surface area contributed by atoms with Crippen LogP contribution in [0.25, 0.3) is 0 Å². The molecular formula is C14H24NO2+. The maximum atomic E-state index is 5.31. The number of rotatable bonds is 6. The van der Waals surface area contributed by atoms with E-state index < -0.39 is 0 Å².